The Labute approximate surface area is 115 Å². The van der Waals surface area contributed by atoms with Crippen LogP contribution in [0.25, 0.3) is 0 Å². The number of carboxylic acids is 1. The van der Waals surface area contributed by atoms with Gasteiger partial charge < -0.3 is 10.4 Å². The lowest BCUT2D eigenvalue weighted by molar-refractivity contribution is -0.129. The third kappa shape index (κ3) is 3.59. The predicted octanol–water partition coefficient (Wildman–Crippen LogP) is 2.54. The highest BCUT2D eigenvalue weighted by Gasteiger charge is 2.21. The highest BCUT2D eigenvalue weighted by Crippen LogP contribution is 2.22. The van der Waals surface area contributed by atoms with E-state index < -0.39 is 23.0 Å². The van der Waals surface area contributed by atoms with Crippen LogP contribution in [-0.2, 0) is 4.79 Å². The third-order valence-electron chi connectivity index (χ3n) is 2.74. The van der Waals surface area contributed by atoms with E-state index in [1.807, 2.05) is 0 Å². The molecule has 3 N–H and O–H groups in total. The first kappa shape index (κ1) is 15.7. The Morgan fingerprint density at radius 1 is 1.50 bits per heavy atom. The summed E-state index contributed by atoms with van der Waals surface area (Å²) in [5.74, 6) is -1.93. The van der Waals surface area contributed by atoms with Gasteiger partial charge in [0.15, 0.2) is 0 Å². The number of nitroso groups, excluding NO2 is 1. The number of nitrogens with one attached hydrogen (secondary N) is 2. The molecule has 0 heterocycles. The summed E-state index contributed by atoms with van der Waals surface area (Å²) in [5, 5.41) is 22.1. The number of nitrogens with zero attached hydrogens (tertiary/aromatic N) is 1. The first-order chi connectivity index (χ1) is 9.18. The number of carbonyl (C=O) groups is 1. The van der Waals surface area contributed by atoms with E-state index in [2.05, 4.69) is 10.5 Å². The van der Waals surface area contributed by atoms with E-state index in [9.17, 15) is 14.1 Å². The lowest BCUT2D eigenvalue weighted by atomic mass is 10.0. The third-order valence-corrected chi connectivity index (χ3v) is 2.74. The van der Waals surface area contributed by atoms with Crippen LogP contribution in [0.3, 0.4) is 0 Å². The normalized spacial score (nSPS) is 11.0. The number of hydrogen-bond donors (Lipinski definition) is 3. The number of halogens is 1. The van der Waals surface area contributed by atoms with Crippen molar-refractivity contribution in [3.05, 3.63) is 34.0 Å². The fraction of sp³-hybridized carbons (Fsp3) is 0.385. The van der Waals surface area contributed by atoms with Crippen LogP contribution in [0.1, 0.15) is 25.0 Å². The molecule has 0 fully saturated rings. The first-order valence-corrected chi connectivity index (χ1v) is 5.88. The van der Waals surface area contributed by atoms with Crippen LogP contribution in [-0.4, -0.2) is 28.9 Å². The molecule has 0 radical (unpaired) electrons. The SMILES string of the molecule is Cc1cc(C(=N)C(=O)O)c(NCC(C)(C)N=O)cc1F. The number of aryl methyl sites for hydroxylation is 1. The average molecular weight is 281 g/mol. The van der Waals surface area contributed by atoms with Crippen molar-refractivity contribution in [1.29, 1.82) is 5.41 Å². The summed E-state index contributed by atoms with van der Waals surface area (Å²) in [6.45, 7) is 4.74. The average Bonchev–Trinajstić information content (AvgIpc) is 2.38. The summed E-state index contributed by atoms with van der Waals surface area (Å²) in [6, 6.07) is 2.40. The van der Waals surface area contributed by atoms with Crippen molar-refractivity contribution in [2.24, 2.45) is 5.18 Å². The Morgan fingerprint density at radius 3 is 2.60 bits per heavy atom. The molecular weight excluding hydrogens is 265 g/mol. The van der Waals surface area contributed by atoms with E-state index in [1.165, 1.54) is 13.0 Å². The Bertz CT molecular complexity index is 570. The predicted molar refractivity (Wildman–Crippen MR) is 74.0 cm³/mol. The van der Waals surface area contributed by atoms with Crippen LogP contribution >= 0.6 is 0 Å². The van der Waals surface area contributed by atoms with Gasteiger partial charge in [-0.25, -0.2) is 9.18 Å². The monoisotopic (exact) mass is 281 g/mol. The van der Waals surface area contributed by atoms with E-state index in [-0.39, 0.29) is 23.4 Å². The van der Waals surface area contributed by atoms with Crippen LogP contribution in [0.2, 0.25) is 0 Å². The molecule has 7 heteroatoms. The molecule has 0 aliphatic rings. The van der Waals surface area contributed by atoms with E-state index in [0.29, 0.717) is 0 Å². The fourth-order valence-corrected chi connectivity index (χ4v) is 1.49. The molecule has 0 saturated heterocycles. The van der Waals surface area contributed by atoms with Crippen molar-refractivity contribution in [2.75, 3.05) is 11.9 Å². The number of carboxylic acid groups (broad SMARTS) is 1. The Hall–Kier alpha value is -2.31. The lowest BCUT2D eigenvalue weighted by Crippen LogP contribution is -2.28. The van der Waals surface area contributed by atoms with Gasteiger partial charge in [-0.1, -0.05) is 5.18 Å². The summed E-state index contributed by atoms with van der Waals surface area (Å²) >= 11 is 0. The van der Waals surface area contributed by atoms with E-state index >= 15 is 0 Å². The number of rotatable bonds is 6. The zero-order chi connectivity index (χ0) is 15.5. The van der Waals surface area contributed by atoms with Gasteiger partial charge in [-0.15, -0.1) is 0 Å². The van der Waals surface area contributed by atoms with Crippen molar-refractivity contribution < 1.29 is 14.3 Å². The maximum atomic E-state index is 13.6. The molecule has 1 aromatic rings. The van der Waals surface area contributed by atoms with Crippen molar-refractivity contribution in [1.82, 2.24) is 0 Å². The molecule has 0 spiro atoms. The Balaban J connectivity index is 3.17. The largest absolute Gasteiger partial charge is 0.477 e. The molecular formula is C13H16FN3O3. The van der Waals surface area contributed by atoms with E-state index in [4.69, 9.17) is 10.5 Å². The van der Waals surface area contributed by atoms with Gasteiger partial charge >= 0.3 is 5.97 Å². The summed E-state index contributed by atoms with van der Waals surface area (Å²) in [5.41, 5.74) is -1.11. The van der Waals surface area contributed by atoms with Crippen molar-refractivity contribution in [3.8, 4) is 0 Å². The molecule has 0 atom stereocenters. The van der Waals surface area contributed by atoms with Gasteiger partial charge in [-0.3, -0.25) is 5.41 Å². The molecule has 0 aliphatic heterocycles. The quantitative estimate of drug-likeness (QED) is 0.550. The van der Waals surface area contributed by atoms with Crippen LogP contribution in [0.5, 0.6) is 0 Å². The number of aliphatic carboxylic acids is 1. The lowest BCUT2D eigenvalue weighted by Gasteiger charge is -2.19. The molecule has 0 aliphatic carbocycles. The molecule has 1 rings (SSSR count). The van der Waals surface area contributed by atoms with E-state index in [1.54, 1.807) is 13.8 Å². The zero-order valence-electron chi connectivity index (χ0n) is 11.5. The molecule has 0 amide bonds. The van der Waals surface area contributed by atoms with Crippen molar-refractivity contribution >= 4 is 17.4 Å². The smallest absolute Gasteiger partial charge is 0.354 e. The Kier molecular flexibility index (Phi) is 4.54. The van der Waals surface area contributed by atoms with Gasteiger partial charge in [0.05, 0.1) is 0 Å². The van der Waals surface area contributed by atoms with Gasteiger partial charge in [0, 0.05) is 17.8 Å². The molecule has 6 nitrogen and oxygen atoms in total. The highest BCUT2D eigenvalue weighted by molar-refractivity contribution is 6.42. The summed E-state index contributed by atoms with van der Waals surface area (Å²) in [4.78, 5) is 21.5. The van der Waals surface area contributed by atoms with Gasteiger partial charge in [0.25, 0.3) is 0 Å². The van der Waals surface area contributed by atoms with Gasteiger partial charge in [-0.05, 0) is 38.5 Å². The highest BCUT2D eigenvalue weighted by atomic mass is 19.1. The minimum atomic E-state index is -1.41. The van der Waals surface area contributed by atoms with Crippen LogP contribution in [0.4, 0.5) is 10.1 Å². The molecule has 0 saturated carbocycles. The number of hydrogen-bond acceptors (Lipinski definition) is 5. The fourth-order valence-electron chi connectivity index (χ4n) is 1.49. The molecule has 20 heavy (non-hydrogen) atoms. The maximum Gasteiger partial charge on any atom is 0.354 e. The summed E-state index contributed by atoms with van der Waals surface area (Å²) in [6.07, 6.45) is 0. The summed E-state index contributed by atoms with van der Waals surface area (Å²) in [7, 11) is 0. The first-order valence-electron chi connectivity index (χ1n) is 5.88. The zero-order valence-corrected chi connectivity index (χ0v) is 11.5. The van der Waals surface area contributed by atoms with E-state index in [0.717, 1.165) is 6.07 Å². The molecule has 1 aromatic carbocycles. The molecule has 0 unspecified atom stereocenters. The maximum absolute atomic E-state index is 13.6. The van der Waals surface area contributed by atoms with Crippen molar-refractivity contribution in [3.63, 3.8) is 0 Å². The minimum absolute atomic E-state index is 0.0677. The van der Waals surface area contributed by atoms with Crippen LogP contribution in [0.15, 0.2) is 17.3 Å². The van der Waals surface area contributed by atoms with Gasteiger partial charge in [0.2, 0.25) is 0 Å². The summed E-state index contributed by atoms with van der Waals surface area (Å²) < 4.78 is 13.6. The number of benzene rings is 1. The number of anilines is 1. The molecule has 0 aromatic heterocycles. The van der Waals surface area contributed by atoms with Crippen LogP contribution < -0.4 is 5.32 Å². The van der Waals surface area contributed by atoms with Crippen LogP contribution in [0, 0.1) is 23.1 Å². The van der Waals surface area contributed by atoms with Gasteiger partial charge in [-0.2, -0.15) is 4.91 Å². The Morgan fingerprint density at radius 2 is 2.10 bits per heavy atom. The topological polar surface area (TPSA) is 103 Å². The second kappa shape index (κ2) is 5.77. The van der Waals surface area contributed by atoms with Gasteiger partial charge in [0.1, 0.15) is 17.1 Å². The minimum Gasteiger partial charge on any atom is -0.477 e. The standard InChI is InChI=1S/C13H16FN3O3/c1-7-4-8(11(15)12(18)19)10(5-9(7)14)16-6-13(2,3)17-20/h4-5,15-16H,6H2,1-3H3,(H,18,19). The van der Waals surface area contributed by atoms with Crippen molar-refractivity contribution in [2.45, 2.75) is 26.3 Å². The molecule has 0 bridgehead atoms. The second-order valence-corrected chi connectivity index (χ2v) is 5.08. The second-order valence-electron chi connectivity index (χ2n) is 5.08. The molecule has 108 valence electrons.